The summed E-state index contributed by atoms with van der Waals surface area (Å²) in [6, 6.07) is 6.22. The maximum absolute atomic E-state index is 11.3. The average molecular weight is 294 g/mol. The van der Waals surface area contributed by atoms with E-state index in [9.17, 15) is 19.5 Å². The Labute approximate surface area is 122 Å². The fraction of sp³-hybridized carbons (Fsp3) is 0.400. The Balaban J connectivity index is 2.70. The van der Waals surface area contributed by atoms with Gasteiger partial charge in [0, 0.05) is 6.42 Å². The molecule has 2 N–H and O–H groups in total. The molecule has 0 bridgehead atoms. The number of hydrogen-bond acceptors (Lipinski definition) is 4. The molecule has 6 heteroatoms. The number of carbonyl (C=O) groups excluding carboxylic acids is 1. The third-order valence-corrected chi connectivity index (χ3v) is 3.17. The lowest BCUT2D eigenvalue weighted by Crippen LogP contribution is -2.12. The fourth-order valence-corrected chi connectivity index (χ4v) is 2.03. The van der Waals surface area contributed by atoms with E-state index in [2.05, 4.69) is 4.74 Å². The Morgan fingerprint density at radius 3 is 2.19 bits per heavy atom. The maximum Gasteiger partial charge on any atom is 0.337 e. The Morgan fingerprint density at radius 1 is 1.10 bits per heavy atom. The van der Waals surface area contributed by atoms with Gasteiger partial charge in [0.25, 0.3) is 0 Å². The van der Waals surface area contributed by atoms with E-state index in [0.29, 0.717) is 30.4 Å². The van der Waals surface area contributed by atoms with Gasteiger partial charge in [-0.25, -0.2) is 4.79 Å². The van der Waals surface area contributed by atoms with E-state index >= 15 is 0 Å². The summed E-state index contributed by atoms with van der Waals surface area (Å²) >= 11 is 0. The van der Waals surface area contributed by atoms with Gasteiger partial charge in [0.1, 0.15) is 0 Å². The van der Waals surface area contributed by atoms with Gasteiger partial charge in [0.2, 0.25) is 0 Å². The highest BCUT2D eigenvalue weighted by atomic mass is 16.5. The van der Waals surface area contributed by atoms with Crippen LogP contribution < -0.4 is 0 Å². The minimum absolute atomic E-state index is 0.0353. The molecule has 0 saturated carbocycles. The number of carboxylic acid groups (broad SMARTS) is 2. The molecule has 0 spiro atoms. The fourth-order valence-electron chi connectivity index (χ4n) is 2.03. The van der Waals surface area contributed by atoms with Crippen molar-refractivity contribution in [1.82, 2.24) is 0 Å². The van der Waals surface area contributed by atoms with E-state index in [-0.39, 0.29) is 6.42 Å². The monoisotopic (exact) mass is 294 g/mol. The molecule has 0 fully saturated rings. The smallest absolute Gasteiger partial charge is 0.337 e. The second-order valence-electron chi connectivity index (χ2n) is 4.64. The molecule has 21 heavy (non-hydrogen) atoms. The molecule has 1 aromatic rings. The first-order chi connectivity index (χ1) is 9.95. The van der Waals surface area contributed by atoms with Crippen molar-refractivity contribution in [3.63, 3.8) is 0 Å². The summed E-state index contributed by atoms with van der Waals surface area (Å²) < 4.78 is 4.58. The standard InChI is InChI=1S/C15H18O6/c1-21-15(20)11-8-6-10(7-9-11)12(14(18)19)4-2-3-5-13(16)17/h6-9,12H,2-5H2,1H3,(H,16,17)(H,18,19). The van der Waals surface area contributed by atoms with Crippen LogP contribution in [0.15, 0.2) is 24.3 Å². The maximum atomic E-state index is 11.3. The minimum atomic E-state index is -0.962. The Morgan fingerprint density at radius 2 is 1.71 bits per heavy atom. The summed E-state index contributed by atoms with van der Waals surface area (Å²) in [5, 5.41) is 17.8. The molecule has 0 heterocycles. The van der Waals surface area contributed by atoms with Crippen LogP contribution in [-0.4, -0.2) is 35.2 Å². The normalized spacial score (nSPS) is 11.7. The van der Waals surface area contributed by atoms with E-state index in [0.717, 1.165) is 0 Å². The second-order valence-corrected chi connectivity index (χ2v) is 4.64. The first-order valence-electron chi connectivity index (χ1n) is 6.58. The summed E-state index contributed by atoms with van der Waals surface area (Å²) in [5.41, 5.74) is 0.946. The van der Waals surface area contributed by atoms with Crippen LogP contribution in [0.4, 0.5) is 0 Å². The highest BCUT2D eigenvalue weighted by Gasteiger charge is 2.20. The summed E-state index contributed by atoms with van der Waals surface area (Å²) in [6.07, 6.45) is 1.36. The van der Waals surface area contributed by atoms with E-state index < -0.39 is 23.8 Å². The number of esters is 1. The van der Waals surface area contributed by atoms with Crippen molar-refractivity contribution in [2.75, 3.05) is 7.11 Å². The molecular formula is C15H18O6. The zero-order chi connectivity index (χ0) is 15.8. The molecule has 1 atom stereocenters. The minimum Gasteiger partial charge on any atom is -0.481 e. The lowest BCUT2D eigenvalue weighted by atomic mass is 9.92. The molecule has 1 aromatic carbocycles. The quantitative estimate of drug-likeness (QED) is 0.563. The third kappa shape index (κ3) is 5.25. The van der Waals surface area contributed by atoms with Crippen LogP contribution in [0, 0.1) is 0 Å². The van der Waals surface area contributed by atoms with E-state index in [1.165, 1.54) is 19.2 Å². The van der Waals surface area contributed by atoms with Gasteiger partial charge in [-0.1, -0.05) is 18.6 Å². The first-order valence-corrected chi connectivity index (χ1v) is 6.58. The highest BCUT2D eigenvalue weighted by Crippen LogP contribution is 2.23. The second kappa shape index (κ2) is 8.04. The SMILES string of the molecule is COC(=O)c1ccc(C(CCCCC(=O)O)C(=O)O)cc1. The molecule has 0 aromatic heterocycles. The van der Waals surface area contributed by atoms with E-state index in [4.69, 9.17) is 5.11 Å². The van der Waals surface area contributed by atoms with Crippen molar-refractivity contribution in [3.05, 3.63) is 35.4 Å². The number of carboxylic acids is 2. The van der Waals surface area contributed by atoms with Gasteiger partial charge in [0.15, 0.2) is 0 Å². The number of hydrogen-bond donors (Lipinski definition) is 2. The average Bonchev–Trinajstić information content (AvgIpc) is 2.46. The van der Waals surface area contributed by atoms with Gasteiger partial charge in [-0.05, 0) is 30.5 Å². The van der Waals surface area contributed by atoms with Crippen LogP contribution in [-0.2, 0) is 14.3 Å². The number of unbranched alkanes of at least 4 members (excludes halogenated alkanes) is 1. The van der Waals surface area contributed by atoms with Gasteiger partial charge in [0.05, 0.1) is 18.6 Å². The van der Waals surface area contributed by atoms with Crippen LogP contribution in [0.5, 0.6) is 0 Å². The number of benzene rings is 1. The first kappa shape index (κ1) is 16.7. The molecule has 0 aliphatic heterocycles. The number of ether oxygens (including phenoxy) is 1. The number of methoxy groups -OCH3 is 1. The van der Waals surface area contributed by atoms with E-state index in [1.54, 1.807) is 12.1 Å². The van der Waals surface area contributed by atoms with Crippen molar-refractivity contribution in [1.29, 1.82) is 0 Å². The summed E-state index contributed by atoms with van der Waals surface area (Å²) in [7, 11) is 1.28. The van der Waals surface area contributed by atoms with Gasteiger partial charge < -0.3 is 14.9 Å². The predicted octanol–water partition coefficient (Wildman–Crippen LogP) is 2.29. The lowest BCUT2D eigenvalue weighted by molar-refractivity contribution is -0.139. The number of carbonyl (C=O) groups is 3. The zero-order valence-electron chi connectivity index (χ0n) is 11.7. The molecule has 0 aliphatic rings. The molecule has 0 saturated heterocycles. The molecule has 0 aliphatic carbocycles. The lowest BCUT2D eigenvalue weighted by Gasteiger charge is -2.12. The van der Waals surface area contributed by atoms with Gasteiger partial charge >= 0.3 is 17.9 Å². The topological polar surface area (TPSA) is 101 Å². The molecular weight excluding hydrogens is 276 g/mol. The van der Waals surface area contributed by atoms with Crippen molar-refractivity contribution in [3.8, 4) is 0 Å². The van der Waals surface area contributed by atoms with Crippen LogP contribution in [0.25, 0.3) is 0 Å². The third-order valence-electron chi connectivity index (χ3n) is 3.17. The zero-order valence-corrected chi connectivity index (χ0v) is 11.7. The summed E-state index contributed by atoms with van der Waals surface area (Å²) in [5.74, 6) is -3.03. The van der Waals surface area contributed by atoms with Crippen LogP contribution in [0.1, 0.15) is 47.5 Å². The molecule has 0 amide bonds. The summed E-state index contributed by atoms with van der Waals surface area (Å²) in [4.78, 5) is 33.0. The molecule has 0 radical (unpaired) electrons. The van der Waals surface area contributed by atoms with Crippen molar-refractivity contribution >= 4 is 17.9 Å². The largest absolute Gasteiger partial charge is 0.481 e. The van der Waals surface area contributed by atoms with Gasteiger partial charge in [-0.15, -0.1) is 0 Å². The van der Waals surface area contributed by atoms with E-state index in [1.807, 2.05) is 0 Å². The van der Waals surface area contributed by atoms with Crippen molar-refractivity contribution in [2.45, 2.75) is 31.6 Å². The Hall–Kier alpha value is -2.37. The number of aliphatic carboxylic acids is 2. The van der Waals surface area contributed by atoms with Crippen LogP contribution >= 0.6 is 0 Å². The van der Waals surface area contributed by atoms with Gasteiger partial charge in [-0.3, -0.25) is 9.59 Å². The molecule has 1 rings (SSSR count). The van der Waals surface area contributed by atoms with Gasteiger partial charge in [-0.2, -0.15) is 0 Å². The Kier molecular flexibility index (Phi) is 6.39. The van der Waals surface area contributed by atoms with Crippen LogP contribution in [0.3, 0.4) is 0 Å². The molecule has 1 unspecified atom stereocenters. The predicted molar refractivity (Wildman–Crippen MR) is 74.3 cm³/mol. The highest BCUT2D eigenvalue weighted by molar-refractivity contribution is 5.89. The van der Waals surface area contributed by atoms with Crippen LogP contribution in [0.2, 0.25) is 0 Å². The molecule has 6 nitrogen and oxygen atoms in total. The Bertz CT molecular complexity index is 505. The van der Waals surface area contributed by atoms with Crippen molar-refractivity contribution in [2.24, 2.45) is 0 Å². The van der Waals surface area contributed by atoms with Crippen molar-refractivity contribution < 1.29 is 29.3 Å². The number of rotatable bonds is 8. The molecule has 114 valence electrons. The summed E-state index contributed by atoms with van der Waals surface area (Å²) in [6.45, 7) is 0.